The zero-order valence-electron chi connectivity index (χ0n) is 10.5. The average Bonchev–Trinajstić information content (AvgIpc) is 2.28. The van der Waals surface area contributed by atoms with E-state index < -0.39 is 0 Å². The number of hydrogen-bond acceptors (Lipinski definition) is 1. The summed E-state index contributed by atoms with van der Waals surface area (Å²) in [7, 11) is 2.22. The van der Waals surface area contributed by atoms with Crippen LogP contribution in [0.1, 0.15) is 32.3 Å². The number of rotatable bonds is 6. The Labute approximate surface area is 108 Å². The van der Waals surface area contributed by atoms with Crippen molar-refractivity contribution in [1.82, 2.24) is 4.90 Å². The van der Waals surface area contributed by atoms with Gasteiger partial charge < -0.3 is 4.90 Å². The first-order chi connectivity index (χ1) is 7.65. The number of benzene rings is 1. The summed E-state index contributed by atoms with van der Waals surface area (Å²) in [5.74, 6) is 0. The minimum Gasteiger partial charge on any atom is -0.303 e. The maximum atomic E-state index is 3.61. The van der Waals surface area contributed by atoms with Crippen molar-refractivity contribution in [3.8, 4) is 0 Å². The molecule has 0 radical (unpaired) electrons. The molecule has 16 heavy (non-hydrogen) atoms. The summed E-state index contributed by atoms with van der Waals surface area (Å²) >= 11 is 3.61. The Morgan fingerprint density at radius 2 is 2.00 bits per heavy atom. The van der Waals surface area contributed by atoms with Gasteiger partial charge >= 0.3 is 0 Å². The lowest BCUT2D eigenvalue weighted by Crippen LogP contribution is -2.31. The maximum absolute atomic E-state index is 3.61. The fourth-order valence-corrected chi connectivity index (χ4v) is 2.21. The lowest BCUT2D eigenvalue weighted by molar-refractivity contribution is 0.252. The summed E-state index contributed by atoms with van der Waals surface area (Å²) in [6.07, 6.45) is 3.67. The molecule has 0 saturated heterocycles. The highest BCUT2D eigenvalue weighted by atomic mass is 79.9. The number of unbranched alkanes of at least 4 members (excludes halogenated alkanes) is 1. The molecule has 0 heterocycles. The van der Waals surface area contributed by atoms with E-state index in [1.165, 1.54) is 29.4 Å². The first-order valence-corrected chi connectivity index (χ1v) is 6.88. The van der Waals surface area contributed by atoms with E-state index in [0.29, 0.717) is 6.04 Å². The van der Waals surface area contributed by atoms with Crippen LogP contribution in [0.15, 0.2) is 28.7 Å². The molecule has 0 N–H and O–H groups in total. The number of likely N-dealkylation sites (N-methyl/N-ethyl adjacent to an activating group) is 1. The molecule has 1 nitrogen and oxygen atoms in total. The topological polar surface area (TPSA) is 3.24 Å². The van der Waals surface area contributed by atoms with Gasteiger partial charge in [0.25, 0.3) is 0 Å². The van der Waals surface area contributed by atoms with Gasteiger partial charge in [0, 0.05) is 10.5 Å². The highest BCUT2D eigenvalue weighted by Crippen LogP contribution is 2.18. The fourth-order valence-electron chi connectivity index (χ4n) is 1.77. The second-order valence-electron chi connectivity index (χ2n) is 4.48. The van der Waals surface area contributed by atoms with Crippen LogP contribution in [0, 0.1) is 0 Å². The van der Waals surface area contributed by atoms with Crippen LogP contribution in [0.4, 0.5) is 0 Å². The third-order valence-electron chi connectivity index (χ3n) is 3.09. The average molecular weight is 284 g/mol. The van der Waals surface area contributed by atoms with Gasteiger partial charge in [-0.15, -0.1) is 0 Å². The molecule has 2 heteroatoms. The molecule has 0 aliphatic carbocycles. The van der Waals surface area contributed by atoms with E-state index in [4.69, 9.17) is 0 Å². The summed E-state index contributed by atoms with van der Waals surface area (Å²) in [4.78, 5) is 2.45. The van der Waals surface area contributed by atoms with Crippen LogP contribution in [0.25, 0.3) is 0 Å². The molecular formula is C14H22BrN. The largest absolute Gasteiger partial charge is 0.303 e. The van der Waals surface area contributed by atoms with Crippen LogP contribution < -0.4 is 0 Å². The lowest BCUT2D eigenvalue weighted by atomic mass is 10.1. The Morgan fingerprint density at radius 3 is 2.62 bits per heavy atom. The Balaban J connectivity index is 2.50. The molecule has 0 bridgehead atoms. The van der Waals surface area contributed by atoms with Crippen LogP contribution >= 0.6 is 15.9 Å². The van der Waals surface area contributed by atoms with Crippen molar-refractivity contribution in [1.29, 1.82) is 0 Å². The number of halogens is 1. The second-order valence-corrected chi connectivity index (χ2v) is 5.33. The Kier molecular flexibility index (Phi) is 6.07. The summed E-state index contributed by atoms with van der Waals surface area (Å²) < 4.78 is 1.23. The number of nitrogens with zero attached hydrogens (tertiary/aromatic N) is 1. The van der Waals surface area contributed by atoms with Crippen molar-refractivity contribution in [2.24, 2.45) is 0 Å². The van der Waals surface area contributed by atoms with Crippen molar-refractivity contribution in [3.63, 3.8) is 0 Å². The standard InChI is InChI=1S/C14H22BrN/c1-4-5-10-16(3)12(2)11-13-8-6-7-9-14(13)15/h6-9,12H,4-5,10-11H2,1-3H3. The molecular weight excluding hydrogens is 262 g/mol. The van der Waals surface area contributed by atoms with Gasteiger partial charge in [-0.2, -0.15) is 0 Å². The van der Waals surface area contributed by atoms with Gasteiger partial charge in [0.2, 0.25) is 0 Å². The molecule has 0 aromatic heterocycles. The van der Waals surface area contributed by atoms with E-state index in [1.54, 1.807) is 0 Å². The zero-order chi connectivity index (χ0) is 12.0. The van der Waals surface area contributed by atoms with E-state index >= 15 is 0 Å². The van der Waals surface area contributed by atoms with Crippen molar-refractivity contribution in [2.45, 2.75) is 39.2 Å². The van der Waals surface area contributed by atoms with Gasteiger partial charge in [0.1, 0.15) is 0 Å². The molecule has 0 saturated carbocycles. The quantitative estimate of drug-likeness (QED) is 0.759. The summed E-state index contributed by atoms with van der Waals surface area (Å²) in [6, 6.07) is 9.10. The van der Waals surface area contributed by atoms with E-state index in [-0.39, 0.29) is 0 Å². The first kappa shape index (κ1) is 13.7. The number of hydrogen-bond donors (Lipinski definition) is 0. The van der Waals surface area contributed by atoms with Crippen molar-refractivity contribution in [3.05, 3.63) is 34.3 Å². The predicted octanol–water partition coefficient (Wildman–Crippen LogP) is 4.11. The van der Waals surface area contributed by atoms with Crippen molar-refractivity contribution in [2.75, 3.05) is 13.6 Å². The molecule has 1 aromatic rings. The van der Waals surface area contributed by atoms with E-state index in [2.05, 4.69) is 66.0 Å². The summed E-state index contributed by atoms with van der Waals surface area (Å²) in [6.45, 7) is 5.74. The van der Waals surface area contributed by atoms with E-state index in [1.807, 2.05) is 0 Å². The van der Waals surface area contributed by atoms with Crippen LogP contribution in [0.2, 0.25) is 0 Å². The molecule has 1 aromatic carbocycles. The van der Waals surface area contributed by atoms with Gasteiger partial charge in [-0.3, -0.25) is 0 Å². The van der Waals surface area contributed by atoms with Crippen LogP contribution in [-0.2, 0) is 6.42 Å². The third-order valence-corrected chi connectivity index (χ3v) is 3.86. The minimum atomic E-state index is 0.602. The summed E-state index contributed by atoms with van der Waals surface area (Å²) in [5, 5.41) is 0. The lowest BCUT2D eigenvalue weighted by Gasteiger charge is -2.25. The van der Waals surface area contributed by atoms with E-state index in [0.717, 1.165) is 6.42 Å². The molecule has 0 aliphatic heterocycles. The molecule has 0 fully saturated rings. The first-order valence-electron chi connectivity index (χ1n) is 6.08. The van der Waals surface area contributed by atoms with Crippen LogP contribution in [-0.4, -0.2) is 24.5 Å². The smallest absolute Gasteiger partial charge is 0.0207 e. The maximum Gasteiger partial charge on any atom is 0.0207 e. The Hall–Kier alpha value is -0.340. The molecule has 1 atom stereocenters. The van der Waals surface area contributed by atoms with Gasteiger partial charge in [0.15, 0.2) is 0 Å². The predicted molar refractivity (Wildman–Crippen MR) is 74.8 cm³/mol. The second kappa shape index (κ2) is 7.08. The van der Waals surface area contributed by atoms with Crippen molar-refractivity contribution >= 4 is 15.9 Å². The molecule has 90 valence electrons. The Bertz CT molecular complexity index is 311. The van der Waals surface area contributed by atoms with Gasteiger partial charge in [0.05, 0.1) is 0 Å². The summed E-state index contributed by atoms with van der Waals surface area (Å²) in [5.41, 5.74) is 1.40. The van der Waals surface area contributed by atoms with Gasteiger partial charge in [-0.05, 0) is 45.0 Å². The van der Waals surface area contributed by atoms with Crippen molar-refractivity contribution < 1.29 is 0 Å². The molecule has 1 rings (SSSR count). The molecule has 1 unspecified atom stereocenters. The minimum absolute atomic E-state index is 0.602. The molecule has 0 spiro atoms. The van der Waals surface area contributed by atoms with Gasteiger partial charge in [-0.25, -0.2) is 0 Å². The zero-order valence-corrected chi connectivity index (χ0v) is 12.1. The molecule has 0 aliphatic rings. The SMILES string of the molecule is CCCCN(C)C(C)Cc1ccccc1Br. The monoisotopic (exact) mass is 283 g/mol. The Morgan fingerprint density at radius 1 is 1.31 bits per heavy atom. The van der Waals surface area contributed by atoms with Crippen LogP contribution in [0.5, 0.6) is 0 Å². The van der Waals surface area contributed by atoms with Gasteiger partial charge in [-0.1, -0.05) is 47.5 Å². The highest BCUT2D eigenvalue weighted by molar-refractivity contribution is 9.10. The van der Waals surface area contributed by atoms with Crippen LogP contribution in [0.3, 0.4) is 0 Å². The fraction of sp³-hybridized carbons (Fsp3) is 0.571. The highest BCUT2D eigenvalue weighted by Gasteiger charge is 2.10. The van der Waals surface area contributed by atoms with E-state index in [9.17, 15) is 0 Å². The molecule has 0 amide bonds. The normalized spacial score (nSPS) is 13.1. The third kappa shape index (κ3) is 4.26.